The van der Waals surface area contributed by atoms with E-state index in [1.807, 2.05) is 0 Å². The Labute approximate surface area is 91.7 Å². The summed E-state index contributed by atoms with van der Waals surface area (Å²) in [5.74, 6) is 0. The molecule has 5 heteroatoms. The second kappa shape index (κ2) is 3.72. The minimum Gasteiger partial charge on any atom is -0.386 e. The lowest BCUT2D eigenvalue weighted by atomic mass is 9.79. The van der Waals surface area contributed by atoms with Crippen LogP contribution in [0, 0.1) is 0 Å². The highest BCUT2D eigenvalue weighted by Gasteiger charge is 2.44. The molecule has 0 aromatic carbocycles. The van der Waals surface area contributed by atoms with E-state index < -0.39 is 6.10 Å². The van der Waals surface area contributed by atoms with E-state index in [0.29, 0.717) is 5.13 Å². The Balaban J connectivity index is 2.18. The molecule has 1 aromatic rings. The Morgan fingerprint density at radius 2 is 2.43 bits per heavy atom. The molecule has 14 heavy (non-hydrogen) atoms. The lowest BCUT2D eigenvalue weighted by molar-refractivity contribution is 0.0905. The number of nitrogen functional groups attached to an aromatic ring is 1. The minimum atomic E-state index is -0.402. The first-order chi connectivity index (χ1) is 6.68. The number of aromatic nitrogens is 1. The van der Waals surface area contributed by atoms with Crippen molar-refractivity contribution in [2.45, 2.75) is 30.1 Å². The monoisotopic (exact) mass is 230 g/mol. The number of hydrogen-bond donors (Lipinski definition) is 2. The third-order valence-electron chi connectivity index (χ3n) is 2.92. The van der Waals surface area contributed by atoms with Crippen LogP contribution in [0.1, 0.15) is 30.2 Å². The fourth-order valence-corrected chi connectivity index (χ4v) is 3.71. The first-order valence-electron chi connectivity index (χ1n) is 4.62. The number of thiazole rings is 1. The largest absolute Gasteiger partial charge is 0.386 e. The van der Waals surface area contributed by atoms with Crippen molar-refractivity contribution in [3.05, 3.63) is 11.1 Å². The molecule has 1 saturated carbocycles. The van der Waals surface area contributed by atoms with E-state index in [9.17, 15) is 5.11 Å². The van der Waals surface area contributed by atoms with Crippen molar-refractivity contribution >= 4 is 28.2 Å². The highest BCUT2D eigenvalue weighted by molar-refractivity contribution is 8.00. The van der Waals surface area contributed by atoms with Crippen molar-refractivity contribution in [1.82, 2.24) is 4.98 Å². The van der Waals surface area contributed by atoms with Gasteiger partial charge in [-0.2, -0.15) is 11.8 Å². The molecule has 1 fully saturated rings. The van der Waals surface area contributed by atoms with E-state index in [1.54, 1.807) is 18.0 Å². The molecule has 1 aliphatic carbocycles. The zero-order valence-corrected chi connectivity index (χ0v) is 9.70. The molecule has 0 saturated heterocycles. The van der Waals surface area contributed by atoms with Crippen LogP contribution < -0.4 is 5.73 Å². The number of rotatable bonds is 3. The van der Waals surface area contributed by atoms with E-state index >= 15 is 0 Å². The van der Waals surface area contributed by atoms with Crippen molar-refractivity contribution in [2.75, 3.05) is 12.0 Å². The summed E-state index contributed by atoms with van der Waals surface area (Å²) in [5, 5.41) is 10.7. The SMILES string of the molecule is CSC1(C(O)c2cnc(N)s2)CCC1. The van der Waals surface area contributed by atoms with Crippen LogP contribution in [0.15, 0.2) is 6.20 Å². The third kappa shape index (κ3) is 1.53. The summed E-state index contributed by atoms with van der Waals surface area (Å²) in [5.41, 5.74) is 5.55. The summed E-state index contributed by atoms with van der Waals surface area (Å²) in [4.78, 5) is 4.87. The van der Waals surface area contributed by atoms with E-state index in [4.69, 9.17) is 5.73 Å². The fourth-order valence-electron chi connectivity index (χ4n) is 1.80. The quantitative estimate of drug-likeness (QED) is 0.834. The second-order valence-electron chi connectivity index (χ2n) is 3.63. The highest BCUT2D eigenvalue weighted by Crippen LogP contribution is 2.51. The first-order valence-corrected chi connectivity index (χ1v) is 6.66. The molecule has 1 aromatic heterocycles. The number of nitrogens with two attached hydrogens (primary N) is 1. The topological polar surface area (TPSA) is 59.1 Å². The van der Waals surface area contributed by atoms with Crippen molar-refractivity contribution in [1.29, 1.82) is 0 Å². The maximum absolute atomic E-state index is 10.2. The van der Waals surface area contributed by atoms with Gasteiger partial charge in [-0.1, -0.05) is 17.8 Å². The number of anilines is 1. The summed E-state index contributed by atoms with van der Waals surface area (Å²) in [7, 11) is 0. The Morgan fingerprint density at radius 3 is 2.79 bits per heavy atom. The molecule has 1 atom stereocenters. The summed E-state index contributed by atoms with van der Waals surface area (Å²) < 4.78 is 0.0268. The van der Waals surface area contributed by atoms with Gasteiger partial charge in [0, 0.05) is 10.9 Å². The van der Waals surface area contributed by atoms with Gasteiger partial charge in [0.25, 0.3) is 0 Å². The maximum atomic E-state index is 10.2. The number of nitrogens with zero attached hydrogens (tertiary/aromatic N) is 1. The molecule has 0 amide bonds. The van der Waals surface area contributed by atoms with Gasteiger partial charge in [-0.25, -0.2) is 4.98 Å². The number of thioether (sulfide) groups is 1. The molecule has 0 bridgehead atoms. The summed E-state index contributed by atoms with van der Waals surface area (Å²) >= 11 is 3.15. The highest BCUT2D eigenvalue weighted by atomic mass is 32.2. The van der Waals surface area contributed by atoms with Crippen LogP contribution in [-0.2, 0) is 0 Å². The molecule has 1 aliphatic rings. The second-order valence-corrected chi connectivity index (χ2v) is 5.94. The number of hydrogen-bond acceptors (Lipinski definition) is 5. The normalized spacial score (nSPS) is 21.6. The molecule has 1 unspecified atom stereocenters. The van der Waals surface area contributed by atoms with Crippen LogP contribution in [0.5, 0.6) is 0 Å². The Hall–Kier alpha value is -0.260. The average molecular weight is 230 g/mol. The van der Waals surface area contributed by atoms with E-state index in [2.05, 4.69) is 11.2 Å². The molecule has 0 aliphatic heterocycles. The van der Waals surface area contributed by atoms with Crippen molar-refractivity contribution < 1.29 is 5.11 Å². The van der Waals surface area contributed by atoms with Crippen LogP contribution in [0.3, 0.4) is 0 Å². The summed E-state index contributed by atoms with van der Waals surface area (Å²) in [6, 6.07) is 0. The van der Waals surface area contributed by atoms with Crippen molar-refractivity contribution in [3.8, 4) is 0 Å². The molecule has 1 heterocycles. The first kappa shape index (κ1) is 10.3. The van der Waals surface area contributed by atoms with Crippen molar-refractivity contribution in [3.63, 3.8) is 0 Å². The Kier molecular flexibility index (Phi) is 2.72. The molecule has 0 spiro atoms. The lowest BCUT2D eigenvalue weighted by Crippen LogP contribution is -2.39. The zero-order chi connectivity index (χ0) is 10.2. The smallest absolute Gasteiger partial charge is 0.180 e. The van der Waals surface area contributed by atoms with Crippen LogP contribution in [0.2, 0.25) is 0 Å². The van der Waals surface area contributed by atoms with E-state index in [-0.39, 0.29) is 4.75 Å². The third-order valence-corrected chi connectivity index (χ3v) is 5.24. The van der Waals surface area contributed by atoms with Gasteiger partial charge in [-0.3, -0.25) is 0 Å². The minimum absolute atomic E-state index is 0.0268. The molecular weight excluding hydrogens is 216 g/mol. The number of aliphatic hydroxyl groups is 1. The van der Waals surface area contributed by atoms with Gasteiger partial charge in [-0.15, -0.1) is 0 Å². The molecule has 0 radical (unpaired) electrons. The van der Waals surface area contributed by atoms with Crippen LogP contribution in [0.25, 0.3) is 0 Å². The lowest BCUT2D eigenvalue weighted by Gasteiger charge is -2.43. The van der Waals surface area contributed by atoms with Crippen LogP contribution >= 0.6 is 23.1 Å². The maximum Gasteiger partial charge on any atom is 0.180 e. The van der Waals surface area contributed by atoms with Gasteiger partial charge in [0.15, 0.2) is 5.13 Å². The van der Waals surface area contributed by atoms with Gasteiger partial charge in [-0.05, 0) is 19.1 Å². The molecular formula is C9H14N2OS2. The van der Waals surface area contributed by atoms with Gasteiger partial charge in [0.1, 0.15) is 6.10 Å². The molecule has 3 nitrogen and oxygen atoms in total. The average Bonchev–Trinajstić information content (AvgIpc) is 2.50. The molecule has 78 valence electrons. The zero-order valence-electron chi connectivity index (χ0n) is 8.06. The number of aliphatic hydroxyl groups excluding tert-OH is 1. The Morgan fingerprint density at radius 1 is 1.71 bits per heavy atom. The predicted molar refractivity (Wildman–Crippen MR) is 61.6 cm³/mol. The van der Waals surface area contributed by atoms with Gasteiger partial charge < -0.3 is 10.8 Å². The predicted octanol–water partition coefficient (Wildman–Crippen LogP) is 2.04. The fraction of sp³-hybridized carbons (Fsp3) is 0.667. The van der Waals surface area contributed by atoms with E-state index in [0.717, 1.165) is 17.7 Å². The van der Waals surface area contributed by atoms with Gasteiger partial charge in [0.2, 0.25) is 0 Å². The van der Waals surface area contributed by atoms with Gasteiger partial charge >= 0.3 is 0 Å². The summed E-state index contributed by atoms with van der Waals surface area (Å²) in [6.45, 7) is 0. The standard InChI is InChI=1S/C9H14N2OS2/c1-13-9(3-2-4-9)7(12)6-5-11-8(10)14-6/h5,7,12H,2-4H2,1H3,(H2,10,11). The molecule has 2 rings (SSSR count). The van der Waals surface area contributed by atoms with Crippen LogP contribution in [0.4, 0.5) is 5.13 Å². The summed E-state index contributed by atoms with van der Waals surface area (Å²) in [6.07, 6.45) is 6.75. The molecule has 3 N–H and O–H groups in total. The van der Waals surface area contributed by atoms with Crippen LogP contribution in [-0.4, -0.2) is 21.1 Å². The van der Waals surface area contributed by atoms with Gasteiger partial charge in [0.05, 0.1) is 4.88 Å². The van der Waals surface area contributed by atoms with E-state index in [1.165, 1.54) is 17.8 Å². The Bertz CT molecular complexity index is 317. The van der Waals surface area contributed by atoms with Crippen molar-refractivity contribution in [2.24, 2.45) is 0 Å².